The lowest BCUT2D eigenvalue weighted by Gasteiger charge is -2.34. The van der Waals surface area contributed by atoms with Crippen LogP contribution in [-0.4, -0.2) is 65.1 Å². The second-order valence-electron chi connectivity index (χ2n) is 7.03. The second kappa shape index (κ2) is 7.50. The van der Waals surface area contributed by atoms with E-state index in [9.17, 15) is 8.42 Å². The van der Waals surface area contributed by atoms with Crippen LogP contribution >= 0.6 is 0 Å². The minimum atomic E-state index is -3.54. The molecule has 0 unspecified atom stereocenters. The van der Waals surface area contributed by atoms with Crippen molar-refractivity contribution < 1.29 is 12.9 Å². The van der Waals surface area contributed by atoms with Gasteiger partial charge in [0.1, 0.15) is 16.4 Å². The molecule has 9 heteroatoms. The molecule has 1 aliphatic rings. The average molecular weight is 382 g/mol. The lowest BCUT2D eigenvalue weighted by atomic mass is 10.2. The molecule has 0 N–H and O–H groups in total. The van der Waals surface area contributed by atoms with Gasteiger partial charge in [-0.25, -0.2) is 13.4 Å². The van der Waals surface area contributed by atoms with Crippen molar-refractivity contribution in [3.8, 4) is 0 Å². The number of aryl methyl sites for hydroxylation is 2. The van der Waals surface area contributed by atoms with E-state index in [1.54, 1.807) is 13.8 Å². The Hall–Kier alpha value is -1.71. The van der Waals surface area contributed by atoms with Gasteiger partial charge in [-0.15, -0.1) is 0 Å². The molecular weight excluding hydrogens is 354 g/mol. The van der Waals surface area contributed by atoms with Crippen LogP contribution in [0.4, 0.5) is 0 Å². The van der Waals surface area contributed by atoms with Gasteiger partial charge >= 0.3 is 0 Å². The first kappa shape index (κ1) is 19.1. The maximum Gasteiger partial charge on any atom is 0.248 e. The third-order valence-electron chi connectivity index (χ3n) is 4.82. The Kier molecular flexibility index (Phi) is 5.50. The molecule has 144 valence electrons. The summed E-state index contributed by atoms with van der Waals surface area (Å²) in [6.07, 6.45) is 3.84. The molecule has 3 heterocycles. The molecular formula is C17H27N5O3S. The van der Waals surface area contributed by atoms with Crippen LogP contribution in [-0.2, 0) is 16.6 Å². The van der Waals surface area contributed by atoms with Crippen LogP contribution < -0.4 is 0 Å². The van der Waals surface area contributed by atoms with Crippen molar-refractivity contribution in [3.63, 3.8) is 0 Å². The predicted molar refractivity (Wildman–Crippen MR) is 97.5 cm³/mol. The van der Waals surface area contributed by atoms with E-state index in [4.69, 9.17) is 4.52 Å². The highest BCUT2D eigenvalue weighted by Crippen LogP contribution is 2.24. The van der Waals surface area contributed by atoms with Gasteiger partial charge in [-0.05, 0) is 13.8 Å². The molecule has 1 saturated heterocycles. The number of aromatic nitrogens is 3. The minimum Gasteiger partial charge on any atom is -0.360 e. The van der Waals surface area contributed by atoms with E-state index in [1.165, 1.54) is 4.31 Å². The van der Waals surface area contributed by atoms with Crippen LogP contribution in [0.1, 0.15) is 37.0 Å². The van der Waals surface area contributed by atoms with Crippen molar-refractivity contribution >= 4 is 10.0 Å². The molecule has 1 aliphatic heterocycles. The molecule has 0 amide bonds. The molecule has 0 spiro atoms. The maximum atomic E-state index is 12.9. The number of rotatable bonds is 6. The van der Waals surface area contributed by atoms with E-state index in [0.29, 0.717) is 43.6 Å². The molecule has 0 aromatic carbocycles. The topological polar surface area (TPSA) is 84.5 Å². The van der Waals surface area contributed by atoms with Crippen LogP contribution in [0.5, 0.6) is 0 Å². The fourth-order valence-electron chi connectivity index (χ4n) is 3.43. The first-order valence-corrected chi connectivity index (χ1v) is 10.4. The van der Waals surface area contributed by atoms with E-state index in [2.05, 4.69) is 33.5 Å². The van der Waals surface area contributed by atoms with Gasteiger partial charge in [-0.1, -0.05) is 19.0 Å². The molecule has 2 aromatic rings. The van der Waals surface area contributed by atoms with Crippen molar-refractivity contribution in [2.45, 2.75) is 45.1 Å². The summed E-state index contributed by atoms with van der Waals surface area (Å²) in [6.45, 7) is 11.7. The van der Waals surface area contributed by atoms with Gasteiger partial charge in [0.15, 0.2) is 5.76 Å². The highest BCUT2D eigenvalue weighted by atomic mass is 32.2. The molecule has 0 radical (unpaired) electrons. The first-order valence-electron chi connectivity index (χ1n) is 8.97. The van der Waals surface area contributed by atoms with Crippen LogP contribution in [0.3, 0.4) is 0 Å². The summed E-state index contributed by atoms with van der Waals surface area (Å²) in [5.74, 6) is 1.83. The van der Waals surface area contributed by atoms with Crippen molar-refractivity contribution in [3.05, 3.63) is 29.7 Å². The van der Waals surface area contributed by atoms with Crippen molar-refractivity contribution in [2.75, 3.05) is 32.7 Å². The molecule has 3 rings (SSSR count). The quantitative estimate of drug-likeness (QED) is 0.756. The van der Waals surface area contributed by atoms with Crippen LogP contribution in [0.2, 0.25) is 0 Å². The van der Waals surface area contributed by atoms with Crippen LogP contribution in [0, 0.1) is 13.8 Å². The molecule has 2 aromatic heterocycles. The van der Waals surface area contributed by atoms with Gasteiger partial charge in [0.2, 0.25) is 10.0 Å². The zero-order valence-electron chi connectivity index (χ0n) is 15.8. The van der Waals surface area contributed by atoms with E-state index < -0.39 is 10.0 Å². The Morgan fingerprint density at radius 3 is 2.42 bits per heavy atom. The summed E-state index contributed by atoms with van der Waals surface area (Å²) >= 11 is 0. The van der Waals surface area contributed by atoms with E-state index in [1.807, 2.05) is 12.4 Å². The molecule has 0 saturated carbocycles. The normalized spacial score (nSPS) is 17.3. The largest absolute Gasteiger partial charge is 0.360 e. The van der Waals surface area contributed by atoms with Gasteiger partial charge in [0, 0.05) is 57.6 Å². The van der Waals surface area contributed by atoms with E-state index in [0.717, 1.165) is 18.9 Å². The minimum absolute atomic E-state index is 0.214. The Morgan fingerprint density at radius 1 is 1.15 bits per heavy atom. The SMILES string of the molecule is Cc1noc(C)c1S(=O)(=O)N1CCN(CCn2ccnc2C(C)C)CC1. The van der Waals surface area contributed by atoms with Crippen molar-refractivity contribution in [2.24, 2.45) is 0 Å². The zero-order chi connectivity index (χ0) is 18.9. The lowest BCUT2D eigenvalue weighted by molar-refractivity contribution is 0.182. The average Bonchev–Trinajstić information content (AvgIpc) is 3.20. The van der Waals surface area contributed by atoms with Crippen LogP contribution in [0.25, 0.3) is 0 Å². The fourth-order valence-corrected chi connectivity index (χ4v) is 5.14. The predicted octanol–water partition coefficient (Wildman–Crippen LogP) is 1.62. The lowest BCUT2D eigenvalue weighted by Crippen LogP contribution is -2.49. The number of sulfonamides is 1. The number of nitrogens with zero attached hydrogens (tertiary/aromatic N) is 5. The smallest absolute Gasteiger partial charge is 0.248 e. The zero-order valence-corrected chi connectivity index (χ0v) is 16.7. The summed E-state index contributed by atoms with van der Waals surface area (Å²) in [5.41, 5.74) is 0.422. The molecule has 0 aliphatic carbocycles. The molecule has 1 fully saturated rings. The summed E-state index contributed by atoms with van der Waals surface area (Å²) < 4.78 is 34.5. The monoisotopic (exact) mass is 381 g/mol. The highest BCUT2D eigenvalue weighted by Gasteiger charge is 2.33. The summed E-state index contributed by atoms with van der Waals surface area (Å²) in [5, 5.41) is 3.77. The summed E-state index contributed by atoms with van der Waals surface area (Å²) in [7, 11) is -3.54. The fraction of sp³-hybridized carbons (Fsp3) is 0.647. The van der Waals surface area contributed by atoms with E-state index >= 15 is 0 Å². The van der Waals surface area contributed by atoms with Crippen LogP contribution in [0.15, 0.2) is 21.8 Å². The third kappa shape index (κ3) is 3.70. The summed E-state index contributed by atoms with van der Waals surface area (Å²) in [4.78, 5) is 6.92. The van der Waals surface area contributed by atoms with Gasteiger partial charge in [-0.3, -0.25) is 4.90 Å². The third-order valence-corrected chi connectivity index (χ3v) is 6.96. The molecule has 8 nitrogen and oxygen atoms in total. The van der Waals surface area contributed by atoms with Crippen molar-refractivity contribution in [1.82, 2.24) is 23.9 Å². The summed E-state index contributed by atoms with van der Waals surface area (Å²) in [6, 6.07) is 0. The van der Waals surface area contributed by atoms with Gasteiger partial charge < -0.3 is 9.09 Å². The Morgan fingerprint density at radius 2 is 1.85 bits per heavy atom. The highest BCUT2D eigenvalue weighted by molar-refractivity contribution is 7.89. The van der Waals surface area contributed by atoms with Gasteiger partial charge in [-0.2, -0.15) is 4.31 Å². The number of piperazine rings is 1. The molecule has 0 atom stereocenters. The Labute approximate surface area is 154 Å². The van der Waals surface area contributed by atoms with Gasteiger partial charge in [0.05, 0.1) is 0 Å². The maximum absolute atomic E-state index is 12.9. The Balaban J connectivity index is 1.58. The molecule has 0 bridgehead atoms. The number of imidazole rings is 1. The van der Waals surface area contributed by atoms with Crippen molar-refractivity contribution in [1.29, 1.82) is 0 Å². The number of hydrogen-bond donors (Lipinski definition) is 0. The second-order valence-corrected chi connectivity index (χ2v) is 8.91. The number of hydrogen-bond acceptors (Lipinski definition) is 6. The first-order chi connectivity index (χ1) is 12.3. The molecule has 26 heavy (non-hydrogen) atoms. The Bertz CT molecular complexity index is 828. The standard InChI is InChI=1S/C17H27N5O3S/c1-13(2)17-18-5-6-21(17)10-7-20-8-11-22(12-9-20)26(23,24)16-14(3)19-25-15(16)4/h5-6,13H,7-12H2,1-4H3. The van der Waals surface area contributed by atoms with Gasteiger partial charge in [0.25, 0.3) is 0 Å². The van der Waals surface area contributed by atoms with E-state index in [-0.39, 0.29) is 4.90 Å².